The fourth-order valence-electron chi connectivity index (χ4n) is 4.45. The minimum atomic E-state index is -0.496. The molecule has 0 N–H and O–H groups in total. The molecule has 0 bridgehead atoms. The first-order chi connectivity index (χ1) is 15.1. The lowest BCUT2D eigenvalue weighted by Crippen LogP contribution is -2.49. The molecular weight excluding hydrogens is 392 g/mol. The molecule has 7 nitrogen and oxygen atoms in total. The van der Waals surface area contributed by atoms with Gasteiger partial charge in [-0.05, 0) is 30.9 Å². The highest BCUT2D eigenvalue weighted by molar-refractivity contribution is 5.94. The van der Waals surface area contributed by atoms with Crippen molar-refractivity contribution in [1.82, 2.24) is 19.4 Å². The van der Waals surface area contributed by atoms with Crippen LogP contribution in [0.3, 0.4) is 0 Å². The molecule has 31 heavy (non-hydrogen) atoms. The van der Waals surface area contributed by atoms with E-state index in [9.17, 15) is 9.59 Å². The van der Waals surface area contributed by atoms with Crippen LogP contribution in [0.4, 0.5) is 0 Å². The number of carbonyl (C=O) groups excluding carboxylic acids is 1. The van der Waals surface area contributed by atoms with Crippen LogP contribution in [-0.4, -0.2) is 45.0 Å². The minimum absolute atomic E-state index is 0.115. The smallest absolute Gasteiger partial charge is 0.254 e. The first kappa shape index (κ1) is 19.6. The highest BCUT2D eigenvalue weighted by atomic mass is 16.5. The zero-order valence-electron chi connectivity index (χ0n) is 17.5. The zero-order chi connectivity index (χ0) is 21.4. The van der Waals surface area contributed by atoms with Gasteiger partial charge < -0.3 is 14.2 Å². The summed E-state index contributed by atoms with van der Waals surface area (Å²) in [5.74, 6) is 0.583. The third-order valence-corrected chi connectivity index (χ3v) is 6.29. The maximum Gasteiger partial charge on any atom is 0.254 e. The number of likely N-dealkylation sites (tertiary alicyclic amines) is 1. The van der Waals surface area contributed by atoms with Crippen LogP contribution in [0.25, 0.3) is 11.4 Å². The molecular formula is C24H24N4O3. The van der Waals surface area contributed by atoms with E-state index >= 15 is 0 Å². The molecule has 0 saturated carbocycles. The van der Waals surface area contributed by atoms with Gasteiger partial charge in [-0.2, -0.15) is 0 Å². The molecule has 0 atom stereocenters. The van der Waals surface area contributed by atoms with E-state index in [1.165, 1.54) is 10.6 Å². The van der Waals surface area contributed by atoms with Crippen LogP contribution in [0.15, 0.2) is 59.7 Å². The Bertz CT molecular complexity index is 1180. The van der Waals surface area contributed by atoms with Crippen molar-refractivity contribution in [3.8, 4) is 11.4 Å². The second kappa shape index (κ2) is 7.74. The normalized spacial score (nSPS) is 17.4. The summed E-state index contributed by atoms with van der Waals surface area (Å²) in [5.41, 5.74) is 2.80. The van der Waals surface area contributed by atoms with Gasteiger partial charge in [-0.3, -0.25) is 9.59 Å². The number of nitrogens with zero attached hydrogens (tertiary/aromatic N) is 4. The van der Waals surface area contributed by atoms with E-state index in [-0.39, 0.29) is 11.5 Å². The van der Waals surface area contributed by atoms with Gasteiger partial charge in [0.25, 0.3) is 11.5 Å². The number of aryl methyl sites for hydroxylation is 1. The lowest BCUT2D eigenvalue weighted by atomic mass is 9.83. The van der Waals surface area contributed by atoms with Crippen LogP contribution in [0, 0.1) is 0 Å². The van der Waals surface area contributed by atoms with Crippen molar-refractivity contribution < 1.29 is 9.53 Å². The topological polar surface area (TPSA) is 77.3 Å². The number of carbonyl (C=O) groups is 1. The van der Waals surface area contributed by atoms with Gasteiger partial charge in [-0.25, -0.2) is 9.97 Å². The molecule has 1 spiro atoms. The summed E-state index contributed by atoms with van der Waals surface area (Å²) in [4.78, 5) is 36.1. The molecule has 5 rings (SSSR count). The Morgan fingerprint density at radius 2 is 1.90 bits per heavy atom. The molecule has 2 aromatic heterocycles. The van der Waals surface area contributed by atoms with Gasteiger partial charge in [-0.15, -0.1) is 0 Å². The Morgan fingerprint density at radius 3 is 2.65 bits per heavy atom. The molecule has 158 valence electrons. The van der Waals surface area contributed by atoms with E-state index in [4.69, 9.17) is 9.72 Å². The Hall–Kier alpha value is -3.32. The summed E-state index contributed by atoms with van der Waals surface area (Å²) in [5, 5.41) is 0. The van der Waals surface area contributed by atoms with Gasteiger partial charge in [0, 0.05) is 49.7 Å². The summed E-state index contributed by atoms with van der Waals surface area (Å²) in [6, 6.07) is 13.0. The van der Waals surface area contributed by atoms with Crippen LogP contribution in [0.5, 0.6) is 0 Å². The fraction of sp³-hybridized carbons (Fsp3) is 0.333. The average molecular weight is 416 g/mol. The van der Waals surface area contributed by atoms with Gasteiger partial charge in [0.2, 0.25) is 0 Å². The predicted molar refractivity (Wildman–Crippen MR) is 116 cm³/mol. The number of pyridine rings is 1. The van der Waals surface area contributed by atoms with Crippen molar-refractivity contribution in [3.05, 3.63) is 82.0 Å². The molecule has 2 aliphatic heterocycles. The van der Waals surface area contributed by atoms with Crippen molar-refractivity contribution in [3.63, 3.8) is 0 Å². The number of aromatic nitrogens is 3. The monoisotopic (exact) mass is 416 g/mol. The van der Waals surface area contributed by atoms with Crippen molar-refractivity contribution in [1.29, 1.82) is 0 Å². The third kappa shape index (κ3) is 3.55. The van der Waals surface area contributed by atoms with E-state index in [0.717, 1.165) is 23.2 Å². The van der Waals surface area contributed by atoms with E-state index < -0.39 is 5.60 Å². The molecule has 0 unspecified atom stereocenters. The van der Waals surface area contributed by atoms with Crippen molar-refractivity contribution in [2.24, 2.45) is 7.05 Å². The number of hydrogen-bond donors (Lipinski definition) is 0. The first-order valence-electron chi connectivity index (χ1n) is 10.6. The van der Waals surface area contributed by atoms with E-state index in [2.05, 4.69) is 4.98 Å². The van der Waals surface area contributed by atoms with Crippen LogP contribution in [0.2, 0.25) is 0 Å². The zero-order valence-corrected chi connectivity index (χ0v) is 17.5. The number of piperidine rings is 1. The van der Waals surface area contributed by atoms with Gasteiger partial charge in [0.05, 0.1) is 12.3 Å². The molecule has 4 heterocycles. The van der Waals surface area contributed by atoms with Gasteiger partial charge in [0.1, 0.15) is 5.60 Å². The van der Waals surface area contributed by atoms with Crippen molar-refractivity contribution >= 4 is 5.91 Å². The largest absolute Gasteiger partial charge is 0.368 e. The fourth-order valence-corrected chi connectivity index (χ4v) is 4.45. The third-order valence-electron chi connectivity index (χ3n) is 6.29. The second-order valence-electron chi connectivity index (χ2n) is 8.18. The quantitative estimate of drug-likeness (QED) is 0.642. The first-order valence-corrected chi connectivity index (χ1v) is 10.6. The van der Waals surface area contributed by atoms with Gasteiger partial charge in [-0.1, -0.05) is 30.3 Å². The molecule has 2 aliphatic rings. The molecule has 3 aromatic rings. The van der Waals surface area contributed by atoms with Gasteiger partial charge >= 0.3 is 0 Å². The summed E-state index contributed by atoms with van der Waals surface area (Å²) < 4.78 is 7.77. The lowest BCUT2D eigenvalue weighted by Gasteiger charge is -2.44. The van der Waals surface area contributed by atoms with E-state index in [1.807, 2.05) is 36.5 Å². The molecule has 1 amide bonds. The maximum atomic E-state index is 12.9. The predicted octanol–water partition coefficient (Wildman–Crippen LogP) is 2.55. The molecule has 1 saturated heterocycles. The average Bonchev–Trinajstić information content (AvgIpc) is 2.82. The molecule has 1 fully saturated rings. The summed E-state index contributed by atoms with van der Waals surface area (Å²) in [7, 11) is 1.67. The summed E-state index contributed by atoms with van der Waals surface area (Å²) in [6.07, 6.45) is 5.68. The molecule has 0 radical (unpaired) electrons. The van der Waals surface area contributed by atoms with Crippen LogP contribution in [-0.2, 0) is 23.8 Å². The van der Waals surface area contributed by atoms with Crippen LogP contribution < -0.4 is 5.56 Å². The Balaban J connectivity index is 1.40. The molecule has 1 aromatic carbocycles. The number of amides is 1. The second-order valence-corrected chi connectivity index (χ2v) is 8.18. The van der Waals surface area contributed by atoms with E-state index in [0.29, 0.717) is 43.9 Å². The van der Waals surface area contributed by atoms with E-state index in [1.54, 1.807) is 24.2 Å². The highest BCUT2D eigenvalue weighted by Gasteiger charge is 2.43. The van der Waals surface area contributed by atoms with Crippen LogP contribution in [0.1, 0.15) is 34.5 Å². The standard InChI is InChI=1S/C24H24N4O3/c1-27-11-7-18(15-20(27)29)23(30)28-12-9-24(10-13-28)21-19(8-14-31-24)16-25-22(26-21)17-5-3-2-4-6-17/h2-7,11,15-16H,8-10,12-14H2,1H3. The summed E-state index contributed by atoms with van der Waals surface area (Å²) in [6.45, 7) is 1.74. The SMILES string of the molecule is Cn1ccc(C(=O)N2CCC3(CC2)OCCc2cnc(-c4ccccc4)nc23)cc1=O. The van der Waals surface area contributed by atoms with Gasteiger partial charge in [0.15, 0.2) is 5.82 Å². The number of fused-ring (bicyclic) bond motifs is 2. The van der Waals surface area contributed by atoms with Crippen LogP contribution >= 0.6 is 0 Å². The highest BCUT2D eigenvalue weighted by Crippen LogP contribution is 2.41. The number of hydrogen-bond acceptors (Lipinski definition) is 5. The van der Waals surface area contributed by atoms with Crippen molar-refractivity contribution in [2.75, 3.05) is 19.7 Å². The summed E-state index contributed by atoms with van der Waals surface area (Å²) >= 11 is 0. The Kier molecular flexibility index (Phi) is 4.90. The molecule has 7 heteroatoms. The maximum absolute atomic E-state index is 12.9. The minimum Gasteiger partial charge on any atom is -0.368 e. The number of rotatable bonds is 2. The lowest BCUT2D eigenvalue weighted by molar-refractivity contribution is -0.0967. The Labute approximate surface area is 180 Å². The molecule has 0 aliphatic carbocycles. The van der Waals surface area contributed by atoms with Crippen molar-refractivity contribution in [2.45, 2.75) is 24.9 Å². The number of ether oxygens (including phenoxy) is 1. The number of benzene rings is 1. The Morgan fingerprint density at radius 1 is 1.13 bits per heavy atom.